The molecule has 2 rings (SSSR count). The number of carbonyl (C=O) groups is 4. The van der Waals surface area contributed by atoms with E-state index in [1.807, 2.05) is 0 Å². The molecule has 0 saturated carbocycles. The van der Waals surface area contributed by atoms with Crippen molar-refractivity contribution in [3.05, 3.63) is 59.7 Å². The number of nitrogens with one attached hydrogen (secondary N) is 2. The van der Waals surface area contributed by atoms with Crippen molar-refractivity contribution < 1.29 is 19.2 Å². The van der Waals surface area contributed by atoms with E-state index >= 15 is 0 Å². The molecule has 0 bridgehead atoms. The first-order chi connectivity index (χ1) is 15.3. The quantitative estimate of drug-likeness (QED) is 0.354. The Morgan fingerprint density at radius 3 is 1.34 bits per heavy atom. The molecule has 0 unspecified atom stereocenters. The average Bonchev–Trinajstić information content (AvgIpc) is 2.75. The van der Waals surface area contributed by atoms with Gasteiger partial charge in [0.1, 0.15) is 0 Å². The molecule has 0 spiro atoms. The van der Waals surface area contributed by atoms with Gasteiger partial charge in [0.25, 0.3) is 0 Å². The smallest absolute Gasteiger partial charge is 0.248 e. The molecule has 170 valence electrons. The largest absolute Gasteiger partial charge is 0.366 e. The fraction of sp³-hybridized carbons (Fsp3) is 0.333. The van der Waals surface area contributed by atoms with Crippen LogP contribution in [0.4, 0.5) is 11.4 Å². The highest BCUT2D eigenvalue weighted by atomic mass is 16.2. The number of hydrogen-bond donors (Lipinski definition) is 4. The maximum Gasteiger partial charge on any atom is 0.248 e. The summed E-state index contributed by atoms with van der Waals surface area (Å²) < 4.78 is 0. The van der Waals surface area contributed by atoms with Crippen molar-refractivity contribution in [3.8, 4) is 0 Å². The summed E-state index contributed by atoms with van der Waals surface area (Å²) in [7, 11) is 0. The minimum absolute atomic E-state index is 0.0938. The molecular weight excluding hydrogens is 408 g/mol. The van der Waals surface area contributed by atoms with Gasteiger partial charge in [-0.1, -0.05) is 37.8 Å². The third kappa shape index (κ3) is 8.99. The zero-order chi connectivity index (χ0) is 23.3. The minimum Gasteiger partial charge on any atom is -0.366 e. The predicted octanol–water partition coefficient (Wildman–Crippen LogP) is 3.58. The number of amides is 4. The van der Waals surface area contributed by atoms with Crippen LogP contribution in [0.2, 0.25) is 0 Å². The summed E-state index contributed by atoms with van der Waals surface area (Å²) in [5.41, 5.74) is 12.3. The second-order valence-corrected chi connectivity index (χ2v) is 7.61. The van der Waals surface area contributed by atoms with Crippen molar-refractivity contribution in [1.29, 1.82) is 0 Å². The molecule has 0 atom stereocenters. The van der Waals surface area contributed by atoms with Crippen LogP contribution in [0.25, 0.3) is 0 Å². The molecule has 0 saturated heterocycles. The van der Waals surface area contributed by atoms with E-state index in [1.54, 1.807) is 48.5 Å². The van der Waals surface area contributed by atoms with Gasteiger partial charge in [0, 0.05) is 35.3 Å². The fourth-order valence-corrected chi connectivity index (χ4v) is 3.23. The molecule has 32 heavy (non-hydrogen) atoms. The number of benzene rings is 2. The second-order valence-electron chi connectivity index (χ2n) is 7.61. The molecule has 0 radical (unpaired) electrons. The molecule has 0 aliphatic carbocycles. The van der Waals surface area contributed by atoms with Gasteiger partial charge >= 0.3 is 0 Å². The van der Waals surface area contributed by atoms with Crippen molar-refractivity contribution in [1.82, 2.24) is 0 Å². The number of carbonyl (C=O) groups excluding carboxylic acids is 4. The molecule has 0 fully saturated rings. The summed E-state index contributed by atoms with van der Waals surface area (Å²) in [4.78, 5) is 46.4. The van der Waals surface area contributed by atoms with Crippen LogP contribution in [0.1, 0.15) is 72.1 Å². The van der Waals surface area contributed by atoms with Crippen LogP contribution in [0.3, 0.4) is 0 Å². The van der Waals surface area contributed by atoms with E-state index in [9.17, 15) is 19.2 Å². The van der Waals surface area contributed by atoms with Crippen LogP contribution in [-0.4, -0.2) is 23.6 Å². The van der Waals surface area contributed by atoms with Crippen LogP contribution < -0.4 is 22.1 Å². The Hall–Kier alpha value is -3.68. The Morgan fingerprint density at radius 2 is 0.969 bits per heavy atom. The third-order valence-corrected chi connectivity index (χ3v) is 4.92. The maximum atomic E-state index is 12.0. The van der Waals surface area contributed by atoms with Crippen LogP contribution in [0.15, 0.2) is 48.5 Å². The summed E-state index contributed by atoms with van der Waals surface area (Å²) in [6, 6.07) is 13.1. The second kappa shape index (κ2) is 12.9. The molecular formula is C24H30N4O4. The SMILES string of the molecule is NC(=O)c1cccc(NC(=O)CCCCCCCCC(=O)Nc2cccc(C(N)=O)c2)c1. The third-order valence-electron chi connectivity index (χ3n) is 4.92. The highest BCUT2D eigenvalue weighted by molar-refractivity contribution is 5.97. The van der Waals surface area contributed by atoms with Crippen molar-refractivity contribution in [2.75, 3.05) is 10.6 Å². The van der Waals surface area contributed by atoms with Gasteiger partial charge < -0.3 is 22.1 Å². The van der Waals surface area contributed by atoms with Crippen LogP contribution in [0, 0.1) is 0 Å². The van der Waals surface area contributed by atoms with Crippen molar-refractivity contribution >= 4 is 35.0 Å². The molecule has 4 amide bonds. The van der Waals surface area contributed by atoms with Gasteiger partial charge in [0.2, 0.25) is 23.6 Å². The molecule has 8 nitrogen and oxygen atoms in total. The lowest BCUT2D eigenvalue weighted by atomic mass is 10.1. The molecule has 0 aromatic heterocycles. The van der Waals surface area contributed by atoms with E-state index < -0.39 is 11.8 Å². The van der Waals surface area contributed by atoms with Crippen LogP contribution in [0.5, 0.6) is 0 Å². The number of anilines is 2. The van der Waals surface area contributed by atoms with Crippen molar-refractivity contribution in [2.45, 2.75) is 51.4 Å². The van der Waals surface area contributed by atoms with Crippen LogP contribution >= 0.6 is 0 Å². The predicted molar refractivity (Wildman–Crippen MR) is 124 cm³/mol. The normalized spacial score (nSPS) is 10.4. The van der Waals surface area contributed by atoms with Gasteiger partial charge in [-0.25, -0.2) is 0 Å². The molecule has 0 aliphatic rings. The average molecular weight is 439 g/mol. The summed E-state index contributed by atoms with van der Waals surface area (Å²) in [5.74, 6) is -1.25. The Labute approximate surface area is 187 Å². The Bertz CT molecular complexity index is 881. The van der Waals surface area contributed by atoms with E-state index in [0.717, 1.165) is 38.5 Å². The van der Waals surface area contributed by atoms with E-state index in [-0.39, 0.29) is 11.8 Å². The summed E-state index contributed by atoms with van der Waals surface area (Å²) in [6.07, 6.45) is 6.22. The molecule has 0 heterocycles. The van der Waals surface area contributed by atoms with E-state index in [0.29, 0.717) is 35.3 Å². The molecule has 2 aromatic carbocycles. The highest BCUT2D eigenvalue weighted by Gasteiger charge is 2.07. The summed E-state index contributed by atoms with van der Waals surface area (Å²) in [5, 5.41) is 5.55. The number of unbranched alkanes of at least 4 members (excludes halogenated alkanes) is 5. The summed E-state index contributed by atoms with van der Waals surface area (Å²) in [6.45, 7) is 0. The number of hydrogen-bond acceptors (Lipinski definition) is 4. The van der Waals surface area contributed by atoms with E-state index in [1.165, 1.54) is 0 Å². The highest BCUT2D eigenvalue weighted by Crippen LogP contribution is 2.14. The molecule has 6 N–H and O–H groups in total. The lowest BCUT2D eigenvalue weighted by Crippen LogP contribution is -2.14. The van der Waals surface area contributed by atoms with Crippen LogP contribution in [-0.2, 0) is 9.59 Å². The number of rotatable bonds is 13. The minimum atomic E-state index is -0.532. The van der Waals surface area contributed by atoms with Crippen molar-refractivity contribution in [3.63, 3.8) is 0 Å². The van der Waals surface area contributed by atoms with Gasteiger partial charge in [0.05, 0.1) is 0 Å². The molecule has 8 heteroatoms. The lowest BCUT2D eigenvalue weighted by Gasteiger charge is -2.07. The van der Waals surface area contributed by atoms with Gasteiger partial charge in [-0.05, 0) is 49.2 Å². The Morgan fingerprint density at radius 1 is 0.594 bits per heavy atom. The molecule has 0 aliphatic heterocycles. The number of nitrogens with two attached hydrogens (primary N) is 2. The Kier molecular flexibility index (Phi) is 9.90. The van der Waals surface area contributed by atoms with E-state index in [2.05, 4.69) is 10.6 Å². The standard InChI is InChI=1S/C24H30N4O4/c25-23(31)17-9-7-11-19(15-17)27-21(29)13-5-3-1-2-4-6-14-22(30)28-20-12-8-10-18(16-20)24(26)32/h7-12,15-16H,1-6,13-14H2,(H2,25,31)(H2,26,32)(H,27,29)(H,28,30). The van der Waals surface area contributed by atoms with Gasteiger partial charge in [-0.15, -0.1) is 0 Å². The first-order valence-corrected chi connectivity index (χ1v) is 10.7. The Balaban J connectivity index is 1.53. The van der Waals surface area contributed by atoms with Gasteiger partial charge in [0.15, 0.2) is 0 Å². The van der Waals surface area contributed by atoms with Crippen molar-refractivity contribution in [2.24, 2.45) is 11.5 Å². The maximum absolute atomic E-state index is 12.0. The van der Waals surface area contributed by atoms with Gasteiger partial charge in [-0.2, -0.15) is 0 Å². The zero-order valence-electron chi connectivity index (χ0n) is 18.1. The first kappa shape index (κ1) is 24.6. The summed E-state index contributed by atoms with van der Waals surface area (Å²) >= 11 is 0. The lowest BCUT2D eigenvalue weighted by molar-refractivity contribution is -0.117. The number of primary amides is 2. The van der Waals surface area contributed by atoms with Gasteiger partial charge in [-0.3, -0.25) is 19.2 Å². The monoisotopic (exact) mass is 438 g/mol. The van der Waals surface area contributed by atoms with E-state index in [4.69, 9.17) is 11.5 Å². The first-order valence-electron chi connectivity index (χ1n) is 10.7. The fourth-order valence-electron chi connectivity index (χ4n) is 3.23. The topological polar surface area (TPSA) is 144 Å². The molecule has 2 aromatic rings. The zero-order valence-corrected chi connectivity index (χ0v) is 18.1.